The summed E-state index contributed by atoms with van der Waals surface area (Å²) in [6, 6.07) is 19.5. The van der Waals surface area contributed by atoms with E-state index in [1.807, 2.05) is 0 Å². The summed E-state index contributed by atoms with van der Waals surface area (Å²) in [7, 11) is 0. The first-order valence-corrected chi connectivity index (χ1v) is 10.8. The molecule has 1 aliphatic heterocycles. The summed E-state index contributed by atoms with van der Waals surface area (Å²) < 4.78 is 1.19. The molecule has 1 N–H and O–H groups in total. The van der Waals surface area contributed by atoms with Crippen LogP contribution in [0.1, 0.15) is 5.56 Å². The summed E-state index contributed by atoms with van der Waals surface area (Å²) in [5.74, 6) is -0.972. The van der Waals surface area contributed by atoms with Crippen molar-refractivity contribution in [2.24, 2.45) is 20.3 Å². The molecule has 180 valence electrons. The number of aliphatic imine (C=N–C) groups is 1. The van der Waals surface area contributed by atoms with Gasteiger partial charge < -0.3 is 15.2 Å². The van der Waals surface area contributed by atoms with Crippen molar-refractivity contribution in [3.8, 4) is 17.3 Å². The number of hydrogen-bond donors (Lipinski definition) is 1. The quantitative estimate of drug-likeness (QED) is 0.149. The van der Waals surface area contributed by atoms with Gasteiger partial charge in [-0.3, -0.25) is 15.1 Å². The molecule has 38 heavy (non-hydrogen) atoms. The Morgan fingerprint density at radius 1 is 0.895 bits per heavy atom. The SMILES string of the molecule is O=[N+]([O-])c1ccc(-c2nnc(N=Nc3c([O-])[nH]c4ccccc34)n2N=C2C([O-])=Nc3ccccc32)cc1.[Zn+2]. The third kappa shape index (κ3) is 4.22. The number of nitrogens with zero attached hydrogens (tertiary/aromatic N) is 8. The van der Waals surface area contributed by atoms with Crippen LogP contribution in [-0.4, -0.2) is 36.4 Å². The fourth-order valence-electron chi connectivity index (χ4n) is 3.88. The number of fused-ring (bicyclic) bond motifs is 2. The second-order valence-electron chi connectivity index (χ2n) is 7.87. The van der Waals surface area contributed by atoms with Crippen LogP contribution >= 0.6 is 0 Å². The first-order valence-electron chi connectivity index (χ1n) is 10.8. The number of rotatable bonds is 5. The average Bonchev–Trinajstić information content (AvgIpc) is 3.55. The maximum atomic E-state index is 12.6. The second-order valence-corrected chi connectivity index (χ2v) is 7.87. The molecular formula is C24H13N9O4Zn. The topological polar surface area (TPSA) is 185 Å². The molecule has 0 saturated heterocycles. The normalized spacial score (nSPS) is 13.6. The van der Waals surface area contributed by atoms with Crippen molar-refractivity contribution in [3.63, 3.8) is 0 Å². The molecule has 13 nitrogen and oxygen atoms in total. The molecule has 5 aromatic rings. The van der Waals surface area contributed by atoms with Crippen molar-refractivity contribution in [3.05, 3.63) is 88.5 Å². The van der Waals surface area contributed by atoms with E-state index < -0.39 is 16.7 Å². The van der Waals surface area contributed by atoms with E-state index in [9.17, 15) is 20.3 Å². The van der Waals surface area contributed by atoms with Gasteiger partial charge >= 0.3 is 19.5 Å². The van der Waals surface area contributed by atoms with Gasteiger partial charge in [-0.25, -0.2) is 0 Å². The molecule has 0 atom stereocenters. The van der Waals surface area contributed by atoms with E-state index in [1.54, 1.807) is 48.5 Å². The summed E-state index contributed by atoms with van der Waals surface area (Å²) in [6.45, 7) is 0. The smallest absolute Gasteiger partial charge is 0.859 e. The van der Waals surface area contributed by atoms with Crippen LogP contribution in [0, 0.1) is 10.1 Å². The van der Waals surface area contributed by atoms with E-state index in [0.717, 1.165) is 0 Å². The number of benzene rings is 3. The number of nitro groups is 1. The van der Waals surface area contributed by atoms with Gasteiger partial charge in [-0.15, -0.1) is 20.4 Å². The van der Waals surface area contributed by atoms with Crippen LogP contribution in [0.25, 0.3) is 22.3 Å². The van der Waals surface area contributed by atoms with Crippen molar-refractivity contribution < 1.29 is 34.6 Å². The van der Waals surface area contributed by atoms with E-state index in [4.69, 9.17) is 0 Å². The number of aromatic amines is 1. The van der Waals surface area contributed by atoms with E-state index >= 15 is 0 Å². The van der Waals surface area contributed by atoms with Crippen molar-refractivity contribution in [2.75, 3.05) is 0 Å². The van der Waals surface area contributed by atoms with Gasteiger partial charge in [0.15, 0.2) is 5.82 Å². The van der Waals surface area contributed by atoms with Gasteiger partial charge in [0.25, 0.3) is 11.6 Å². The number of hydrogen-bond acceptors (Lipinski definition) is 10. The van der Waals surface area contributed by atoms with E-state index in [1.165, 1.54) is 28.9 Å². The van der Waals surface area contributed by atoms with E-state index in [0.29, 0.717) is 27.7 Å². The maximum absolute atomic E-state index is 12.6. The Bertz CT molecular complexity index is 1790. The molecule has 6 rings (SSSR count). The van der Waals surface area contributed by atoms with Crippen LogP contribution in [0.3, 0.4) is 0 Å². The largest absolute Gasteiger partial charge is 2.00 e. The number of aromatic nitrogens is 4. The zero-order valence-electron chi connectivity index (χ0n) is 19.3. The molecule has 14 heteroatoms. The van der Waals surface area contributed by atoms with Crippen LogP contribution in [0.15, 0.2) is 93.1 Å². The van der Waals surface area contributed by atoms with Gasteiger partial charge in [0.05, 0.1) is 10.6 Å². The molecular weight excluding hydrogens is 544 g/mol. The minimum Gasteiger partial charge on any atom is -0.859 e. The maximum Gasteiger partial charge on any atom is 2.00 e. The third-order valence-electron chi connectivity index (χ3n) is 5.63. The second kappa shape index (κ2) is 9.75. The standard InChI is InChI=1S/C24H15N9O4.Zn/c34-22-19(15-5-1-3-7-17(15)25-22)27-29-24-30-28-21(13-9-11-14(12-10-13)33(36)37)32(24)31-20-16-6-2-4-8-18(16)26-23(20)35;/h1-12,25,34H,(H,26,31,35);/q;+2/p-2. The number of non-ortho nitro benzene ring substituents is 1. The molecule has 0 radical (unpaired) electrons. The Morgan fingerprint density at radius 2 is 1.63 bits per heavy atom. The molecule has 0 spiro atoms. The van der Waals surface area contributed by atoms with Crippen LogP contribution in [0.2, 0.25) is 0 Å². The van der Waals surface area contributed by atoms with Crippen LogP contribution < -0.4 is 10.2 Å². The molecule has 1 aliphatic rings. The molecule has 0 saturated carbocycles. The van der Waals surface area contributed by atoms with Crippen LogP contribution in [0.4, 0.5) is 23.0 Å². The predicted molar refractivity (Wildman–Crippen MR) is 130 cm³/mol. The Morgan fingerprint density at radius 3 is 2.42 bits per heavy atom. The summed E-state index contributed by atoms with van der Waals surface area (Å²) in [5.41, 5.74) is 2.01. The first-order chi connectivity index (χ1) is 18.0. The minimum atomic E-state index is -0.564. The van der Waals surface area contributed by atoms with Gasteiger partial charge in [-0.1, -0.05) is 36.4 Å². The molecule has 0 aliphatic carbocycles. The minimum absolute atomic E-state index is 0. The summed E-state index contributed by atoms with van der Waals surface area (Å²) in [4.78, 5) is 17.3. The Labute approximate surface area is 225 Å². The summed E-state index contributed by atoms with van der Waals surface area (Å²) in [5, 5.41) is 57.5. The number of azo groups is 1. The Kier molecular flexibility index (Phi) is 6.31. The van der Waals surface area contributed by atoms with Crippen LogP contribution in [0.5, 0.6) is 5.88 Å². The van der Waals surface area contributed by atoms with Gasteiger partial charge in [-0.2, -0.15) is 9.78 Å². The molecule has 0 unspecified atom stereocenters. The zero-order chi connectivity index (χ0) is 25.5. The summed E-state index contributed by atoms with van der Waals surface area (Å²) in [6.07, 6.45) is 0. The van der Waals surface area contributed by atoms with Crippen LogP contribution in [-0.2, 0) is 19.5 Å². The molecule has 0 fully saturated rings. The first kappa shape index (κ1) is 24.6. The Hall–Kier alpha value is -5.10. The number of nitrogens with one attached hydrogen (secondary N) is 1. The van der Waals surface area contributed by atoms with Crippen molar-refractivity contribution in [2.45, 2.75) is 0 Å². The van der Waals surface area contributed by atoms with Crippen molar-refractivity contribution in [1.29, 1.82) is 0 Å². The van der Waals surface area contributed by atoms with Gasteiger partial charge in [0, 0.05) is 40.1 Å². The monoisotopic (exact) mass is 555 g/mol. The molecule has 0 amide bonds. The van der Waals surface area contributed by atoms with E-state index in [2.05, 4.69) is 35.5 Å². The molecule has 3 aromatic carbocycles. The van der Waals surface area contributed by atoms with Gasteiger partial charge in [0.2, 0.25) is 0 Å². The summed E-state index contributed by atoms with van der Waals surface area (Å²) >= 11 is 0. The fourth-order valence-corrected chi connectivity index (χ4v) is 3.88. The van der Waals surface area contributed by atoms with Crippen molar-refractivity contribution >= 4 is 45.5 Å². The molecule has 2 aromatic heterocycles. The van der Waals surface area contributed by atoms with Gasteiger partial charge in [-0.05, 0) is 30.1 Å². The van der Waals surface area contributed by atoms with E-state index in [-0.39, 0.29) is 48.3 Å². The fraction of sp³-hybridized carbons (Fsp3) is 0. The Balaban J connectivity index is 0.00000294. The van der Waals surface area contributed by atoms with Crippen molar-refractivity contribution in [1.82, 2.24) is 19.9 Å². The zero-order valence-corrected chi connectivity index (χ0v) is 22.3. The molecule has 0 bridgehead atoms. The average molecular weight is 557 g/mol. The molecule has 3 heterocycles. The number of para-hydroxylation sites is 2. The number of nitro benzene ring substituents is 1. The predicted octanol–water partition coefficient (Wildman–Crippen LogP) is 3.48. The number of H-pyrrole nitrogens is 1. The third-order valence-corrected chi connectivity index (χ3v) is 5.63. The van der Waals surface area contributed by atoms with Gasteiger partial charge in [0.1, 0.15) is 11.4 Å².